The summed E-state index contributed by atoms with van der Waals surface area (Å²) in [6, 6.07) is 1.52. The van der Waals surface area contributed by atoms with E-state index in [1.165, 1.54) is 18.5 Å². The lowest BCUT2D eigenvalue weighted by molar-refractivity contribution is 0.0176. The number of allylic oxidation sites excluding steroid dienone is 2. The second-order valence-electron chi connectivity index (χ2n) is 8.38. The largest absolute Gasteiger partial charge is 0.478 e. The number of hydrogen-bond donors (Lipinski definition) is 2. The molecule has 1 aliphatic rings. The fraction of sp³-hybridized carbons (Fsp3) is 0.435. The van der Waals surface area contributed by atoms with Crippen LogP contribution in [-0.2, 0) is 4.74 Å². The van der Waals surface area contributed by atoms with E-state index in [-0.39, 0.29) is 17.7 Å². The molecule has 2 rings (SSSR count). The van der Waals surface area contributed by atoms with E-state index in [2.05, 4.69) is 23.5 Å². The lowest BCUT2D eigenvalue weighted by atomic mass is 10.0. The molecule has 31 heavy (non-hydrogen) atoms. The lowest BCUT2D eigenvalue weighted by Crippen LogP contribution is -2.47. The van der Waals surface area contributed by atoms with Gasteiger partial charge in [0, 0.05) is 25.3 Å². The predicted molar refractivity (Wildman–Crippen MR) is 121 cm³/mol. The second-order valence-corrected chi connectivity index (χ2v) is 8.38. The molecule has 0 aromatic carbocycles. The number of aromatic nitrogens is 1. The predicted octanol–water partition coefficient (Wildman–Crippen LogP) is 4.45. The van der Waals surface area contributed by atoms with Gasteiger partial charge in [-0.05, 0) is 58.4 Å². The number of pyridine rings is 1. The summed E-state index contributed by atoms with van der Waals surface area (Å²) >= 11 is 0. The molecule has 1 aliphatic heterocycles. The van der Waals surface area contributed by atoms with Crippen LogP contribution >= 0.6 is 0 Å². The first-order valence-electron chi connectivity index (χ1n) is 10.2. The Kier molecular flexibility index (Phi) is 7.85. The zero-order chi connectivity index (χ0) is 23.2. The first kappa shape index (κ1) is 24.0. The number of likely N-dealkylation sites (tertiary alicyclic amines) is 1. The minimum Gasteiger partial charge on any atom is -0.478 e. The van der Waals surface area contributed by atoms with Gasteiger partial charge in [0.25, 0.3) is 0 Å². The first-order chi connectivity index (χ1) is 14.6. The van der Waals surface area contributed by atoms with E-state index in [9.17, 15) is 14.7 Å². The SMILES string of the molecule is C=C/C(C)=C(/Nc1cnccc1C(=O)O)N(C=C)C1CCN(C(=O)OC(C)(C)C)CC1. The van der Waals surface area contributed by atoms with Gasteiger partial charge >= 0.3 is 12.1 Å². The minimum absolute atomic E-state index is 0.0681. The number of amides is 1. The minimum atomic E-state index is -1.05. The number of carbonyl (C=O) groups is 2. The van der Waals surface area contributed by atoms with Crippen molar-refractivity contribution in [2.24, 2.45) is 0 Å². The Hall–Kier alpha value is -3.29. The molecule has 1 fully saturated rings. The van der Waals surface area contributed by atoms with Crippen molar-refractivity contribution in [3.05, 3.63) is 60.9 Å². The zero-order valence-electron chi connectivity index (χ0n) is 18.7. The molecule has 8 heteroatoms. The number of nitrogens with zero attached hydrogens (tertiary/aromatic N) is 3. The molecule has 1 saturated heterocycles. The van der Waals surface area contributed by atoms with Gasteiger partial charge in [0.1, 0.15) is 11.4 Å². The standard InChI is InChI=1S/C23H32N4O4/c1-7-16(3)20(25-19-15-24-12-9-18(19)21(28)29)27(8-2)17-10-13-26(14-11-17)22(30)31-23(4,5)6/h7-9,12,15,17,25H,1-2,10-11,13-14H2,3-6H3,(H,28,29)/b20-16-. The number of carbonyl (C=O) groups excluding carboxylic acids is 1. The van der Waals surface area contributed by atoms with E-state index in [0.717, 1.165) is 5.57 Å². The van der Waals surface area contributed by atoms with Gasteiger partial charge in [0.15, 0.2) is 0 Å². The number of aromatic carboxylic acids is 1. The Bertz CT molecular complexity index is 865. The van der Waals surface area contributed by atoms with E-state index < -0.39 is 11.6 Å². The monoisotopic (exact) mass is 428 g/mol. The smallest absolute Gasteiger partial charge is 0.410 e. The van der Waals surface area contributed by atoms with Crippen molar-refractivity contribution in [3.63, 3.8) is 0 Å². The van der Waals surface area contributed by atoms with Gasteiger partial charge in [-0.15, -0.1) is 0 Å². The van der Waals surface area contributed by atoms with Crippen molar-refractivity contribution in [2.45, 2.75) is 52.2 Å². The number of nitrogens with one attached hydrogen (secondary N) is 1. The molecule has 1 aromatic heterocycles. The zero-order valence-corrected chi connectivity index (χ0v) is 18.7. The van der Waals surface area contributed by atoms with E-state index >= 15 is 0 Å². The number of ether oxygens (including phenoxy) is 1. The molecule has 0 aliphatic carbocycles. The molecule has 0 atom stereocenters. The van der Waals surface area contributed by atoms with Crippen LogP contribution in [0.3, 0.4) is 0 Å². The van der Waals surface area contributed by atoms with Crippen LogP contribution in [-0.4, -0.2) is 56.7 Å². The van der Waals surface area contributed by atoms with Gasteiger partial charge in [-0.2, -0.15) is 0 Å². The van der Waals surface area contributed by atoms with E-state index in [0.29, 0.717) is 37.4 Å². The van der Waals surface area contributed by atoms with Crippen molar-refractivity contribution in [2.75, 3.05) is 18.4 Å². The summed E-state index contributed by atoms with van der Waals surface area (Å²) in [5.74, 6) is -0.368. The number of piperidine rings is 1. The van der Waals surface area contributed by atoms with Crippen LogP contribution in [0.4, 0.5) is 10.5 Å². The Morgan fingerprint density at radius 1 is 1.32 bits per heavy atom. The van der Waals surface area contributed by atoms with Crippen LogP contribution in [0.1, 0.15) is 50.9 Å². The van der Waals surface area contributed by atoms with Crippen LogP contribution in [0.2, 0.25) is 0 Å². The van der Waals surface area contributed by atoms with E-state index in [1.54, 1.807) is 17.2 Å². The molecule has 1 amide bonds. The molecule has 1 aromatic rings. The highest BCUT2D eigenvalue weighted by atomic mass is 16.6. The van der Waals surface area contributed by atoms with Gasteiger partial charge in [-0.25, -0.2) is 9.59 Å². The number of carboxylic acids is 1. The molecule has 0 saturated carbocycles. The summed E-state index contributed by atoms with van der Waals surface area (Å²) in [5, 5.41) is 12.7. The quantitative estimate of drug-likeness (QED) is 0.619. The number of rotatable bonds is 7. The molecule has 8 nitrogen and oxygen atoms in total. The summed E-state index contributed by atoms with van der Waals surface area (Å²) in [4.78, 5) is 31.7. The molecule has 0 radical (unpaired) electrons. The van der Waals surface area contributed by atoms with E-state index in [1.807, 2.05) is 32.6 Å². The molecule has 0 bridgehead atoms. The van der Waals surface area contributed by atoms with Gasteiger partial charge in [0.05, 0.1) is 17.4 Å². The Morgan fingerprint density at radius 3 is 2.48 bits per heavy atom. The van der Waals surface area contributed by atoms with Crippen LogP contribution in [0.5, 0.6) is 0 Å². The summed E-state index contributed by atoms with van der Waals surface area (Å²) in [7, 11) is 0. The molecule has 2 N–H and O–H groups in total. The molecular formula is C23H32N4O4. The lowest BCUT2D eigenvalue weighted by Gasteiger charge is -2.39. The van der Waals surface area contributed by atoms with Gasteiger partial charge in [-0.3, -0.25) is 4.98 Å². The third kappa shape index (κ3) is 6.34. The van der Waals surface area contributed by atoms with E-state index in [4.69, 9.17) is 4.74 Å². The van der Waals surface area contributed by atoms with Crippen molar-refractivity contribution in [1.29, 1.82) is 0 Å². The summed E-state index contributed by atoms with van der Waals surface area (Å²) in [6.07, 6.45) is 7.43. The Morgan fingerprint density at radius 2 is 1.97 bits per heavy atom. The maximum Gasteiger partial charge on any atom is 0.410 e. The Balaban J connectivity index is 2.21. The molecular weight excluding hydrogens is 396 g/mol. The molecule has 0 unspecified atom stereocenters. The third-order valence-electron chi connectivity index (χ3n) is 4.95. The maximum absolute atomic E-state index is 12.4. The number of carboxylic acid groups (broad SMARTS) is 1. The molecule has 0 spiro atoms. The summed E-state index contributed by atoms with van der Waals surface area (Å²) < 4.78 is 5.47. The third-order valence-corrected chi connectivity index (χ3v) is 4.95. The number of hydrogen-bond acceptors (Lipinski definition) is 6. The summed E-state index contributed by atoms with van der Waals surface area (Å²) in [5.41, 5.74) is 0.792. The second kappa shape index (κ2) is 10.1. The average Bonchev–Trinajstić information content (AvgIpc) is 2.72. The van der Waals surface area contributed by atoms with Gasteiger partial charge in [-0.1, -0.05) is 19.2 Å². The van der Waals surface area contributed by atoms with Crippen molar-refractivity contribution >= 4 is 17.7 Å². The van der Waals surface area contributed by atoms with Crippen molar-refractivity contribution in [1.82, 2.24) is 14.8 Å². The fourth-order valence-electron chi connectivity index (χ4n) is 3.35. The van der Waals surface area contributed by atoms with Crippen molar-refractivity contribution in [3.8, 4) is 0 Å². The van der Waals surface area contributed by atoms with Crippen molar-refractivity contribution < 1.29 is 19.4 Å². The van der Waals surface area contributed by atoms with Gasteiger partial charge < -0.3 is 25.0 Å². The van der Waals surface area contributed by atoms with Crippen LogP contribution in [0, 0.1) is 0 Å². The normalized spacial score (nSPS) is 15.5. The average molecular weight is 429 g/mol. The highest BCUT2D eigenvalue weighted by molar-refractivity contribution is 5.94. The maximum atomic E-state index is 12.4. The Labute approximate surface area is 183 Å². The topological polar surface area (TPSA) is 95.0 Å². The van der Waals surface area contributed by atoms with Crippen LogP contribution in [0.25, 0.3) is 0 Å². The molecule has 2 heterocycles. The van der Waals surface area contributed by atoms with Crippen LogP contribution in [0.15, 0.2) is 55.3 Å². The number of anilines is 1. The highest BCUT2D eigenvalue weighted by Crippen LogP contribution is 2.26. The highest BCUT2D eigenvalue weighted by Gasteiger charge is 2.30. The first-order valence-corrected chi connectivity index (χ1v) is 10.2. The van der Waals surface area contributed by atoms with Crippen LogP contribution < -0.4 is 5.32 Å². The fourth-order valence-corrected chi connectivity index (χ4v) is 3.35. The molecule has 168 valence electrons. The van der Waals surface area contributed by atoms with Gasteiger partial charge in [0.2, 0.25) is 0 Å². The summed E-state index contributed by atoms with van der Waals surface area (Å²) in [6.45, 7) is 16.3.